The molecule has 0 aromatic heterocycles. The van der Waals surface area contributed by atoms with E-state index in [1.807, 2.05) is 18.2 Å². The van der Waals surface area contributed by atoms with E-state index >= 15 is 0 Å². The molecule has 0 heterocycles. The summed E-state index contributed by atoms with van der Waals surface area (Å²) in [4.78, 5) is 0. The molecule has 2 rings (SSSR count). The largest absolute Gasteiger partial charge is 0.0905 e. The summed E-state index contributed by atoms with van der Waals surface area (Å²) in [7, 11) is 0. The van der Waals surface area contributed by atoms with E-state index in [1.54, 1.807) is 0 Å². The summed E-state index contributed by atoms with van der Waals surface area (Å²) in [5, 5.41) is 0. The zero-order valence-corrected chi connectivity index (χ0v) is 8.90. The first-order chi connectivity index (χ1) is 7.29. The SMILES string of the molecule is C=C(c1ccccc1)c1ccccc1C. The van der Waals surface area contributed by atoms with Gasteiger partial charge in [-0.05, 0) is 29.2 Å². The maximum Gasteiger partial charge on any atom is -0.0155 e. The van der Waals surface area contributed by atoms with Gasteiger partial charge in [-0.3, -0.25) is 0 Å². The predicted octanol–water partition coefficient (Wildman–Crippen LogP) is 4.06. The summed E-state index contributed by atoms with van der Waals surface area (Å²) >= 11 is 0. The molecule has 0 unspecified atom stereocenters. The normalized spacial score (nSPS) is 9.93. The molecule has 0 amide bonds. The molecule has 0 bridgehead atoms. The average molecular weight is 194 g/mol. The maximum absolute atomic E-state index is 4.16. The van der Waals surface area contributed by atoms with E-state index in [1.165, 1.54) is 16.7 Å². The van der Waals surface area contributed by atoms with Gasteiger partial charge in [-0.15, -0.1) is 0 Å². The maximum atomic E-state index is 4.16. The lowest BCUT2D eigenvalue weighted by atomic mass is 9.96. The van der Waals surface area contributed by atoms with E-state index < -0.39 is 0 Å². The minimum atomic E-state index is 1.09. The highest BCUT2D eigenvalue weighted by Gasteiger charge is 2.03. The average Bonchev–Trinajstić information content (AvgIpc) is 2.30. The van der Waals surface area contributed by atoms with Gasteiger partial charge in [0, 0.05) is 0 Å². The van der Waals surface area contributed by atoms with Gasteiger partial charge >= 0.3 is 0 Å². The van der Waals surface area contributed by atoms with Gasteiger partial charge in [-0.1, -0.05) is 61.2 Å². The lowest BCUT2D eigenvalue weighted by molar-refractivity contribution is 1.42. The van der Waals surface area contributed by atoms with Crippen molar-refractivity contribution in [1.82, 2.24) is 0 Å². The lowest BCUT2D eigenvalue weighted by Crippen LogP contribution is -1.88. The Morgan fingerprint density at radius 2 is 1.47 bits per heavy atom. The number of aryl methyl sites for hydroxylation is 1. The topological polar surface area (TPSA) is 0 Å². The van der Waals surface area contributed by atoms with Crippen molar-refractivity contribution in [2.24, 2.45) is 0 Å². The van der Waals surface area contributed by atoms with Gasteiger partial charge in [0.05, 0.1) is 0 Å². The molecule has 0 atom stereocenters. The van der Waals surface area contributed by atoms with Crippen LogP contribution in [0.5, 0.6) is 0 Å². The molecule has 0 heteroatoms. The fraction of sp³-hybridized carbons (Fsp3) is 0.0667. The van der Waals surface area contributed by atoms with Gasteiger partial charge in [0.2, 0.25) is 0 Å². The second-order valence-corrected chi connectivity index (χ2v) is 3.66. The molecule has 15 heavy (non-hydrogen) atoms. The fourth-order valence-electron chi connectivity index (χ4n) is 1.71. The molecule has 0 saturated carbocycles. The molecular weight excluding hydrogens is 180 g/mol. The van der Waals surface area contributed by atoms with Crippen LogP contribution >= 0.6 is 0 Å². The minimum absolute atomic E-state index is 1.09. The van der Waals surface area contributed by atoms with Gasteiger partial charge < -0.3 is 0 Å². The van der Waals surface area contributed by atoms with Crippen LogP contribution in [0.15, 0.2) is 61.2 Å². The molecular formula is C15H14. The highest BCUT2D eigenvalue weighted by atomic mass is 14.1. The quantitative estimate of drug-likeness (QED) is 0.676. The van der Waals surface area contributed by atoms with Crippen molar-refractivity contribution in [2.75, 3.05) is 0 Å². The van der Waals surface area contributed by atoms with Gasteiger partial charge in [0.1, 0.15) is 0 Å². The van der Waals surface area contributed by atoms with Crippen LogP contribution in [-0.2, 0) is 0 Å². The minimum Gasteiger partial charge on any atom is -0.0905 e. The van der Waals surface area contributed by atoms with Crippen molar-refractivity contribution in [3.05, 3.63) is 77.9 Å². The van der Waals surface area contributed by atoms with Crippen molar-refractivity contribution in [2.45, 2.75) is 6.92 Å². The number of rotatable bonds is 2. The molecule has 0 aliphatic carbocycles. The van der Waals surface area contributed by atoms with Crippen LogP contribution in [0.3, 0.4) is 0 Å². The summed E-state index contributed by atoms with van der Waals surface area (Å²) in [6.45, 7) is 6.27. The van der Waals surface area contributed by atoms with Crippen LogP contribution < -0.4 is 0 Å². The van der Waals surface area contributed by atoms with E-state index in [9.17, 15) is 0 Å². The van der Waals surface area contributed by atoms with Crippen LogP contribution in [0.4, 0.5) is 0 Å². The van der Waals surface area contributed by atoms with Crippen molar-refractivity contribution >= 4 is 5.57 Å². The second-order valence-electron chi connectivity index (χ2n) is 3.66. The molecule has 0 aliphatic rings. The molecule has 0 nitrogen and oxygen atoms in total. The van der Waals surface area contributed by atoms with Crippen LogP contribution in [0.25, 0.3) is 5.57 Å². The zero-order chi connectivity index (χ0) is 10.7. The third kappa shape index (κ3) is 1.99. The number of benzene rings is 2. The molecule has 74 valence electrons. The van der Waals surface area contributed by atoms with Gasteiger partial charge in [-0.2, -0.15) is 0 Å². The Balaban J connectivity index is 2.42. The number of hydrogen-bond acceptors (Lipinski definition) is 0. The van der Waals surface area contributed by atoms with Crippen molar-refractivity contribution in [3.63, 3.8) is 0 Å². The third-order valence-electron chi connectivity index (χ3n) is 2.59. The first-order valence-electron chi connectivity index (χ1n) is 5.09. The summed E-state index contributed by atoms with van der Waals surface area (Å²) in [5.74, 6) is 0. The lowest BCUT2D eigenvalue weighted by Gasteiger charge is -2.08. The first kappa shape index (κ1) is 9.72. The molecule has 0 saturated heterocycles. The Morgan fingerprint density at radius 3 is 2.13 bits per heavy atom. The number of hydrogen-bond donors (Lipinski definition) is 0. The Bertz CT molecular complexity index is 466. The summed E-state index contributed by atoms with van der Waals surface area (Å²) < 4.78 is 0. The molecule has 0 fully saturated rings. The van der Waals surface area contributed by atoms with Crippen LogP contribution in [0.1, 0.15) is 16.7 Å². The van der Waals surface area contributed by atoms with Gasteiger partial charge in [0.15, 0.2) is 0 Å². The molecule has 0 N–H and O–H groups in total. The molecule has 2 aromatic carbocycles. The van der Waals surface area contributed by atoms with Crippen LogP contribution in [0.2, 0.25) is 0 Å². The van der Waals surface area contributed by atoms with E-state index in [2.05, 4.69) is 49.9 Å². The Kier molecular flexibility index (Phi) is 2.68. The van der Waals surface area contributed by atoms with E-state index in [0.717, 1.165) is 5.57 Å². The van der Waals surface area contributed by atoms with Crippen LogP contribution in [-0.4, -0.2) is 0 Å². The summed E-state index contributed by atoms with van der Waals surface area (Å²) in [6, 6.07) is 18.6. The van der Waals surface area contributed by atoms with E-state index in [0.29, 0.717) is 0 Å². The van der Waals surface area contributed by atoms with E-state index in [4.69, 9.17) is 0 Å². The molecule has 2 aromatic rings. The Labute approximate surface area is 90.9 Å². The predicted molar refractivity (Wildman–Crippen MR) is 65.8 cm³/mol. The smallest absolute Gasteiger partial charge is 0.0155 e. The fourth-order valence-corrected chi connectivity index (χ4v) is 1.71. The van der Waals surface area contributed by atoms with Gasteiger partial charge in [0.25, 0.3) is 0 Å². The highest BCUT2D eigenvalue weighted by Crippen LogP contribution is 2.23. The zero-order valence-electron chi connectivity index (χ0n) is 8.90. The molecule has 0 radical (unpaired) electrons. The van der Waals surface area contributed by atoms with Crippen molar-refractivity contribution in [1.29, 1.82) is 0 Å². The summed E-state index contributed by atoms with van der Waals surface area (Å²) in [6.07, 6.45) is 0. The second kappa shape index (κ2) is 4.14. The highest BCUT2D eigenvalue weighted by molar-refractivity contribution is 5.79. The monoisotopic (exact) mass is 194 g/mol. The van der Waals surface area contributed by atoms with Crippen LogP contribution in [0, 0.1) is 6.92 Å². The third-order valence-corrected chi connectivity index (χ3v) is 2.59. The van der Waals surface area contributed by atoms with Gasteiger partial charge in [-0.25, -0.2) is 0 Å². The summed E-state index contributed by atoms with van der Waals surface area (Å²) in [5.41, 5.74) is 4.77. The molecule has 0 spiro atoms. The molecule has 0 aliphatic heterocycles. The first-order valence-corrected chi connectivity index (χ1v) is 5.09. The Hall–Kier alpha value is -1.82. The Morgan fingerprint density at radius 1 is 0.867 bits per heavy atom. The van der Waals surface area contributed by atoms with E-state index in [-0.39, 0.29) is 0 Å². The standard InChI is InChI=1S/C15H14/c1-12-8-6-7-11-15(12)13(2)14-9-4-3-5-10-14/h3-11H,2H2,1H3. The van der Waals surface area contributed by atoms with Crippen molar-refractivity contribution in [3.8, 4) is 0 Å². The van der Waals surface area contributed by atoms with Crippen molar-refractivity contribution < 1.29 is 0 Å².